The van der Waals surface area contributed by atoms with Crippen molar-refractivity contribution in [1.29, 1.82) is 0 Å². The lowest BCUT2D eigenvalue weighted by Crippen LogP contribution is -2.18. The Morgan fingerprint density at radius 3 is 2.77 bits per heavy atom. The molecule has 0 spiro atoms. The number of methoxy groups -OCH3 is 1. The van der Waals surface area contributed by atoms with Crippen molar-refractivity contribution in [3.05, 3.63) is 56.0 Å². The van der Waals surface area contributed by atoms with Gasteiger partial charge in [-0.1, -0.05) is 57.0 Å². The lowest BCUT2D eigenvalue weighted by atomic mass is 10.1. The molecule has 0 saturated carbocycles. The van der Waals surface area contributed by atoms with Gasteiger partial charge in [0.2, 0.25) is 5.16 Å². The molecule has 2 aromatic carbocycles. The van der Waals surface area contributed by atoms with Gasteiger partial charge in [0.15, 0.2) is 11.5 Å². The van der Waals surface area contributed by atoms with Crippen molar-refractivity contribution in [3.63, 3.8) is 0 Å². The predicted octanol–water partition coefficient (Wildman–Crippen LogP) is 4.75. The highest BCUT2D eigenvalue weighted by Gasteiger charge is 2.15. The number of benzene rings is 2. The van der Waals surface area contributed by atoms with Crippen LogP contribution in [-0.2, 0) is 20.2 Å². The first kappa shape index (κ1) is 23.1. The molecule has 30 heavy (non-hydrogen) atoms. The second-order valence-electron chi connectivity index (χ2n) is 6.19. The van der Waals surface area contributed by atoms with Crippen molar-refractivity contribution < 1.29 is 9.47 Å². The van der Waals surface area contributed by atoms with Crippen LogP contribution in [0.4, 0.5) is 0 Å². The third kappa shape index (κ3) is 6.01. The van der Waals surface area contributed by atoms with Crippen LogP contribution in [0.2, 0.25) is 10.0 Å². The summed E-state index contributed by atoms with van der Waals surface area (Å²) < 4.78 is 14.2. The standard InChI is InChI=1S/C19H20BrCl2N5O2S/c1-27-19(24-25-26-27)30-8-7-23-10-14-15(20)5-6-17(28-2)18(14)29-11-12-3-4-13(21)9-16(12)22/h3-6,9,23H,7-8,10-11H2,1-2H3. The molecule has 1 heterocycles. The van der Waals surface area contributed by atoms with Crippen molar-refractivity contribution in [2.24, 2.45) is 7.05 Å². The van der Waals surface area contributed by atoms with Crippen LogP contribution in [0.1, 0.15) is 11.1 Å². The molecule has 0 radical (unpaired) electrons. The Morgan fingerprint density at radius 2 is 2.07 bits per heavy atom. The summed E-state index contributed by atoms with van der Waals surface area (Å²) in [7, 11) is 3.44. The van der Waals surface area contributed by atoms with E-state index in [4.69, 9.17) is 32.7 Å². The van der Waals surface area contributed by atoms with E-state index in [1.54, 1.807) is 35.7 Å². The second-order valence-corrected chi connectivity index (χ2v) is 8.95. The van der Waals surface area contributed by atoms with Gasteiger partial charge in [0.1, 0.15) is 6.61 Å². The highest BCUT2D eigenvalue weighted by molar-refractivity contribution is 9.10. The molecule has 0 bridgehead atoms. The molecule has 0 aliphatic carbocycles. The van der Waals surface area contributed by atoms with E-state index in [9.17, 15) is 0 Å². The minimum atomic E-state index is 0.296. The molecule has 7 nitrogen and oxygen atoms in total. The minimum absolute atomic E-state index is 0.296. The average Bonchev–Trinajstić information content (AvgIpc) is 3.13. The molecule has 0 amide bonds. The summed E-state index contributed by atoms with van der Waals surface area (Å²) in [5.74, 6) is 2.14. The van der Waals surface area contributed by atoms with Gasteiger partial charge < -0.3 is 14.8 Å². The molecule has 11 heteroatoms. The first-order valence-electron chi connectivity index (χ1n) is 8.97. The van der Waals surface area contributed by atoms with Crippen molar-refractivity contribution >= 4 is 50.9 Å². The highest BCUT2D eigenvalue weighted by atomic mass is 79.9. The number of hydrogen-bond acceptors (Lipinski definition) is 7. The van der Waals surface area contributed by atoms with Crippen molar-refractivity contribution in [2.75, 3.05) is 19.4 Å². The van der Waals surface area contributed by atoms with Gasteiger partial charge in [-0.05, 0) is 34.7 Å². The number of rotatable bonds is 10. The van der Waals surface area contributed by atoms with Crippen LogP contribution in [0.5, 0.6) is 11.5 Å². The SMILES string of the molecule is COc1ccc(Br)c(CNCCSc2nnnn2C)c1OCc1ccc(Cl)cc1Cl. The Morgan fingerprint density at radius 1 is 1.23 bits per heavy atom. The van der Waals surface area contributed by atoms with E-state index in [1.807, 2.05) is 25.2 Å². The number of ether oxygens (including phenoxy) is 2. The van der Waals surface area contributed by atoms with E-state index >= 15 is 0 Å². The lowest BCUT2D eigenvalue weighted by molar-refractivity contribution is 0.280. The number of nitrogens with zero attached hydrogens (tertiary/aromatic N) is 4. The number of nitrogens with one attached hydrogen (secondary N) is 1. The van der Waals surface area contributed by atoms with E-state index in [0.29, 0.717) is 34.7 Å². The predicted molar refractivity (Wildman–Crippen MR) is 123 cm³/mol. The third-order valence-electron chi connectivity index (χ3n) is 4.17. The second kappa shape index (κ2) is 11.2. The lowest BCUT2D eigenvalue weighted by Gasteiger charge is -2.17. The Kier molecular flexibility index (Phi) is 8.64. The smallest absolute Gasteiger partial charge is 0.209 e. The van der Waals surface area contributed by atoms with E-state index in [0.717, 1.165) is 33.1 Å². The quantitative estimate of drug-likeness (QED) is 0.298. The van der Waals surface area contributed by atoms with Gasteiger partial charge in [-0.15, -0.1) is 5.10 Å². The normalized spacial score (nSPS) is 11.0. The average molecular weight is 533 g/mol. The zero-order valence-corrected chi connectivity index (χ0v) is 20.3. The van der Waals surface area contributed by atoms with Crippen molar-refractivity contribution in [3.8, 4) is 11.5 Å². The van der Waals surface area contributed by atoms with Crippen LogP contribution in [0, 0.1) is 0 Å². The molecule has 0 saturated heterocycles. The molecule has 3 aromatic rings. The number of halogens is 3. The zero-order valence-electron chi connectivity index (χ0n) is 16.4. The molecule has 1 N–H and O–H groups in total. The summed E-state index contributed by atoms with van der Waals surface area (Å²) in [6, 6.07) is 9.15. The number of hydrogen-bond donors (Lipinski definition) is 1. The maximum atomic E-state index is 6.28. The van der Waals surface area contributed by atoms with Gasteiger partial charge in [-0.25, -0.2) is 4.68 Å². The first-order valence-corrected chi connectivity index (χ1v) is 11.5. The Bertz CT molecular complexity index is 1010. The zero-order chi connectivity index (χ0) is 21.5. The number of tetrazole rings is 1. The van der Waals surface area contributed by atoms with Gasteiger partial charge in [0, 0.05) is 51.5 Å². The fourth-order valence-electron chi connectivity index (χ4n) is 2.63. The van der Waals surface area contributed by atoms with Gasteiger partial charge in [-0.2, -0.15) is 0 Å². The van der Waals surface area contributed by atoms with Gasteiger partial charge in [0.25, 0.3) is 0 Å². The van der Waals surface area contributed by atoms with Crippen LogP contribution in [0.25, 0.3) is 0 Å². The van der Waals surface area contributed by atoms with E-state index < -0.39 is 0 Å². The number of thioether (sulfide) groups is 1. The van der Waals surface area contributed by atoms with E-state index in [2.05, 4.69) is 36.8 Å². The summed E-state index contributed by atoms with van der Waals surface area (Å²) in [5, 5.41) is 16.8. The summed E-state index contributed by atoms with van der Waals surface area (Å²) >= 11 is 17.5. The summed E-state index contributed by atoms with van der Waals surface area (Å²) in [6.07, 6.45) is 0. The topological polar surface area (TPSA) is 74.1 Å². The Balaban J connectivity index is 1.65. The summed E-state index contributed by atoms with van der Waals surface area (Å²) in [5.41, 5.74) is 1.81. The van der Waals surface area contributed by atoms with Crippen LogP contribution in [-0.4, -0.2) is 39.6 Å². The molecule has 3 rings (SSSR count). The largest absolute Gasteiger partial charge is 0.493 e. The van der Waals surface area contributed by atoms with Crippen LogP contribution in [0.15, 0.2) is 40.0 Å². The molecule has 0 atom stereocenters. The Labute approximate surface area is 197 Å². The fraction of sp³-hybridized carbons (Fsp3) is 0.316. The fourth-order valence-corrected chi connectivity index (χ4v) is 4.29. The van der Waals surface area contributed by atoms with Crippen molar-refractivity contribution in [2.45, 2.75) is 18.3 Å². The summed E-state index contributed by atoms with van der Waals surface area (Å²) in [6.45, 7) is 1.66. The third-order valence-corrected chi connectivity index (χ3v) is 6.51. The molecule has 0 fully saturated rings. The molecular formula is C19H20BrCl2N5O2S. The van der Waals surface area contributed by atoms with Crippen molar-refractivity contribution in [1.82, 2.24) is 25.5 Å². The van der Waals surface area contributed by atoms with Gasteiger partial charge in [-0.3, -0.25) is 0 Å². The minimum Gasteiger partial charge on any atom is -0.493 e. The number of aromatic nitrogens is 4. The monoisotopic (exact) mass is 531 g/mol. The number of aryl methyl sites for hydroxylation is 1. The molecule has 0 aliphatic heterocycles. The van der Waals surface area contributed by atoms with E-state index in [1.165, 1.54) is 0 Å². The molecule has 1 aromatic heterocycles. The van der Waals surface area contributed by atoms with Crippen LogP contribution < -0.4 is 14.8 Å². The first-order chi connectivity index (χ1) is 14.5. The van der Waals surface area contributed by atoms with Crippen LogP contribution in [0.3, 0.4) is 0 Å². The highest BCUT2D eigenvalue weighted by Crippen LogP contribution is 2.37. The van der Waals surface area contributed by atoms with Gasteiger partial charge >= 0.3 is 0 Å². The molecule has 0 aliphatic rings. The van der Waals surface area contributed by atoms with Crippen LogP contribution >= 0.6 is 50.9 Å². The van der Waals surface area contributed by atoms with E-state index in [-0.39, 0.29) is 0 Å². The van der Waals surface area contributed by atoms with Gasteiger partial charge in [0.05, 0.1) is 7.11 Å². The maximum Gasteiger partial charge on any atom is 0.209 e. The molecule has 160 valence electrons. The Hall–Kier alpha value is -1.52. The molecular weight excluding hydrogens is 513 g/mol. The summed E-state index contributed by atoms with van der Waals surface area (Å²) in [4.78, 5) is 0. The molecule has 0 unspecified atom stereocenters. The maximum absolute atomic E-state index is 6.28.